The average Bonchev–Trinajstić information content (AvgIpc) is 2.54. The van der Waals surface area contributed by atoms with Gasteiger partial charge in [0.2, 0.25) is 5.91 Å². The number of nitrogens with one attached hydrogen (secondary N) is 1. The second-order valence-corrected chi connectivity index (χ2v) is 4.37. The summed E-state index contributed by atoms with van der Waals surface area (Å²) >= 11 is 1.32. The van der Waals surface area contributed by atoms with E-state index in [-0.39, 0.29) is 5.91 Å². The maximum atomic E-state index is 11.5. The number of hydrogen-bond acceptors (Lipinski definition) is 3. The smallest absolute Gasteiger partial charge is 0.262 e. The van der Waals surface area contributed by atoms with E-state index in [1.165, 1.54) is 11.3 Å². The highest BCUT2D eigenvalue weighted by atomic mass is 32.1. The third-order valence-electron chi connectivity index (χ3n) is 1.79. The molecule has 0 spiro atoms. The molecule has 4 nitrogen and oxygen atoms in total. The van der Waals surface area contributed by atoms with Gasteiger partial charge in [0.25, 0.3) is 5.91 Å². The molecule has 1 heterocycles. The number of amides is 2. The minimum Gasteiger partial charge on any atom is -0.368 e. The van der Waals surface area contributed by atoms with Crippen LogP contribution in [0, 0.1) is 0 Å². The number of thiophene rings is 1. The van der Waals surface area contributed by atoms with Gasteiger partial charge in [0.15, 0.2) is 0 Å². The number of carbonyl (C=O) groups excluding carboxylic acids is 2. The molecule has 0 saturated carbocycles. The van der Waals surface area contributed by atoms with Crippen LogP contribution in [0.2, 0.25) is 0 Å². The zero-order chi connectivity index (χ0) is 10.8. The van der Waals surface area contributed by atoms with E-state index in [0.29, 0.717) is 4.88 Å². The Morgan fingerprint density at radius 1 is 1.50 bits per heavy atom. The third-order valence-corrected chi connectivity index (χ3v) is 2.66. The van der Waals surface area contributed by atoms with Crippen molar-refractivity contribution in [2.45, 2.75) is 19.4 Å². The van der Waals surface area contributed by atoms with Gasteiger partial charge in [-0.15, -0.1) is 11.3 Å². The van der Waals surface area contributed by atoms with Gasteiger partial charge in [0.1, 0.15) is 5.54 Å². The molecule has 0 aliphatic heterocycles. The van der Waals surface area contributed by atoms with E-state index in [4.69, 9.17) is 5.73 Å². The first-order valence-corrected chi connectivity index (χ1v) is 4.97. The van der Waals surface area contributed by atoms with E-state index < -0.39 is 11.4 Å². The first-order chi connectivity index (χ1) is 6.43. The number of primary amides is 1. The van der Waals surface area contributed by atoms with Crippen LogP contribution in [0.1, 0.15) is 23.5 Å². The molecule has 2 amide bonds. The van der Waals surface area contributed by atoms with Crippen molar-refractivity contribution in [2.24, 2.45) is 5.73 Å². The van der Waals surface area contributed by atoms with Crippen LogP contribution in [0.4, 0.5) is 0 Å². The van der Waals surface area contributed by atoms with Crippen LogP contribution in [-0.2, 0) is 4.79 Å². The predicted molar refractivity (Wildman–Crippen MR) is 55.1 cm³/mol. The Hall–Kier alpha value is -1.36. The maximum absolute atomic E-state index is 11.5. The summed E-state index contributed by atoms with van der Waals surface area (Å²) in [5.41, 5.74) is 4.11. The standard InChI is InChI=1S/C9H12N2O2S/c1-9(2,8(10)13)11-7(12)6-4-3-5-14-6/h3-5H,1-2H3,(H2,10,13)(H,11,12). The Labute approximate surface area is 86.1 Å². The maximum Gasteiger partial charge on any atom is 0.262 e. The molecule has 0 unspecified atom stereocenters. The summed E-state index contributed by atoms with van der Waals surface area (Å²) in [6.45, 7) is 3.14. The van der Waals surface area contributed by atoms with Crippen LogP contribution in [0.15, 0.2) is 17.5 Å². The van der Waals surface area contributed by atoms with E-state index in [9.17, 15) is 9.59 Å². The Kier molecular flexibility index (Phi) is 2.90. The third kappa shape index (κ3) is 2.32. The zero-order valence-electron chi connectivity index (χ0n) is 8.03. The molecular weight excluding hydrogens is 200 g/mol. The Balaban J connectivity index is 2.71. The monoisotopic (exact) mass is 212 g/mol. The number of nitrogens with two attached hydrogens (primary N) is 1. The molecule has 0 aliphatic rings. The van der Waals surface area contributed by atoms with Gasteiger partial charge in [0.05, 0.1) is 4.88 Å². The van der Waals surface area contributed by atoms with Crippen molar-refractivity contribution in [3.8, 4) is 0 Å². The molecule has 0 fully saturated rings. The van der Waals surface area contributed by atoms with Crippen LogP contribution in [0.25, 0.3) is 0 Å². The molecular formula is C9H12N2O2S. The first kappa shape index (κ1) is 10.7. The van der Waals surface area contributed by atoms with Gasteiger partial charge in [-0.1, -0.05) is 6.07 Å². The molecule has 0 bridgehead atoms. The molecule has 76 valence electrons. The van der Waals surface area contributed by atoms with E-state index >= 15 is 0 Å². The normalized spacial score (nSPS) is 11.0. The molecule has 1 rings (SSSR count). The largest absolute Gasteiger partial charge is 0.368 e. The summed E-state index contributed by atoms with van der Waals surface area (Å²) in [4.78, 5) is 23.0. The van der Waals surface area contributed by atoms with Crippen LogP contribution in [-0.4, -0.2) is 17.4 Å². The van der Waals surface area contributed by atoms with Crippen LogP contribution < -0.4 is 11.1 Å². The predicted octanol–water partition coefficient (Wildman–Crippen LogP) is 0.742. The lowest BCUT2D eigenvalue weighted by molar-refractivity contribution is -0.122. The van der Waals surface area contributed by atoms with Crippen molar-refractivity contribution in [2.75, 3.05) is 0 Å². The minimum absolute atomic E-state index is 0.274. The number of hydrogen-bond donors (Lipinski definition) is 2. The van der Waals surface area contributed by atoms with E-state index in [1.54, 1.807) is 31.4 Å². The lowest BCUT2D eigenvalue weighted by atomic mass is 10.1. The fourth-order valence-corrected chi connectivity index (χ4v) is 1.43. The van der Waals surface area contributed by atoms with Crippen molar-refractivity contribution >= 4 is 23.2 Å². The van der Waals surface area contributed by atoms with Crippen LogP contribution in [0.5, 0.6) is 0 Å². The second-order valence-electron chi connectivity index (χ2n) is 3.42. The van der Waals surface area contributed by atoms with Crippen molar-refractivity contribution in [3.63, 3.8) is 0 Å². The topological polar surface area (TPSA) is 72.2 Å². The zero-order valence-corrected chi connectivity index (χ0v) is 8.85. The summed E-state index contributed by atoms with van der Waals surface area (Å²) in [6.07, 6.45) is 0. The highest BCUT2D eigenvalue weighted by molar-refractivity contribution is 7.12. The van der Waals surface area contributed by atoms with Gasteiger partial charge in [-0.2, -0.15) is 0 Å². The van der Waals surface area contributed by atoms with Gasteiger partial charge in [-0.3, -0.25) is 9.59 Å². The summed E-state index contributed by atoms with van der Waals surface area (Å²) in [5, 5.41) is 4.35. The van der Waals surface area contributed by atoms with Crippen molar-refractivity contribution in [1.29, 1.82) is 0 Å². The quantitative estimate of drug-likeness (QED) is 0.775. The van der Waals surface area contributed by atoms with Gasteiger partial charge >= 0.3 is 0 Å². The molecule has 1 aromatic rings. The van der Waals surface area contributed by atoms with Gasteiger partial charge in [-0.25, -0.2) is 0 Å². The molecule has 5 heteroatoms. The van der Waals surface area contributed by atoms with Crippen molar-refractivity contribution < 1.29 is 9.59 Å². The SMILES string of the molecule is CC(C)(NC(=O)c1cccs1)C(N)=O. The summed E-state index contributed by atoms with van der Waals surface area (Å²) in [5.74, 6) is -0.828. The summed E-state index contributed by atoms with van der Waals surface area (Å²) in [6, 6.07) is 3.47. The molecule has 14 heavy (non-hydrogen) atoms. The average molecular weight is 212 g/mol. The molecule has 0 aromatic carbocycles. The van der Waals surface area contributed by atoms with Gasteiger partial charge in [-0.05, 0) is 25.3 Å². The lowest BCUT2D eigenvalue weighted by Crippen LogP contribution is -2.52. The second kappa shape index (κ2) is 3.79. The Morgan fingerprint density at radius 2 is 2.14 bits per heavy atom. The molecule has 1 aromatic heterocycles. The lowest BCUT2D eigenvalue weighted by Gasteiger charge is -2.21. The number of rotatable bonds is 3. The van der Waals surface area contributed by atoms with Crippen LogP contribution in [0.3, 0.4) is 0 Å². The summed E-state index contributed by atoms with van der Waals surface area (Å²) < 4.78 is 0. The molecule has 0 atom stereocenters. The minimum atomic E-state index is -1.01. The molecule has 0 radical (unpaired) electrons. The van der Waals surface area contributed by atoms with Crippen LogP contribution >= 0.6 is 11.3 Å². The number of carbonyl (C=O) groups is 2. The van der Waals surface area contributed by atoms with Gasteiger partial charge in [0, 0.05) is 0 Å². The highest BCUT2D eigenvalue weighted by Crippen LogP contribution is 2.10. The van der Waals surface area contributed by atoms with Crippen molar-refractivity contribution in [3.05, 3.63) is 22.4 Å². The highest BCUT2D eigenvalue weighted by Gasteiger charge is 2.27. The molecule has 0 aliphatic carbocycles. The summed E-state index contributed by atoms with van der Waals surface area (Å²) in [7, 11) is 0. The first-order valence-electron chi connectivity index (χ1n) is 4.09. The van der Waals surface area contributed by atoms with E-state index in [1.807, 2.05) is 0 Å². The van der Waals surface area contributed by atoms with Crippen molar-refractivity contribution in [1.82, 2.24) is 5.32 Å². The Bertz CT molecular complexity index is 344. The molecule has 0 saturated heterocycles. The van der Waals surface area contributed by atoms with E-state index in [2.05, 4.69) is 5.32 Å². The fraction of sp³-hybridized carbons (Fsp3) is 0.333. The van der Waals surface area contributed by atoms with Gasteiger partial charge < -0.3 is 11.1 Å². The molecule has 3 N–H and O–H groups in total. The Morgan fingerprint density at radius 3 is 2.57 bits per heavy atom. The van der Waals surface area contributed by atoms with E-state index in [0.717, 1.165) is 0 Å². The fourth-order valence-electron chi connectivity index (χ4n) is 0.815.